The number of anilines is 1. The maximum atomic E-state index is 13.8. The predicted molar refractivity (Wildman–Crippen MR) is 152 cm³/mol. The summed E-state index contributed by atoms with van der Waals surface area (Å²) in [5.74, 6) is 0.576. The third-order valence-corrected chi connectivity index (χ3v) is 6.68. The van der Waals surface area contributed by atoms with E-state index in [1.807, 2.05) is 109 Å². The summed E-state index contributed by atoms with van der Waals surface area (Å²) < 4.78 is 5.31. The average molecular weight is 519 g/mol. The SMILES string of the molecule is COc1ccc(C2/C=C\CN(C(=O)Nc3ccccc3-c3ccccc3)CC(=O)N2Cc2ccccn2)cc1. The maximum Gasteiger partial charge on any atom is 0.322 e. The number of nitrogens with zero attached hydrogens (tertiary/aromatic N) is 3. The van der Waals surface area contributed by atoms with Crippen LogP contribution in [0.4, 0.5) is 10.5 Å². The molecule has 3 aromatic carbocycles. The standard InChI is InChI=1S/C32H30N4O3/c1-39-27-18-16-25(17-19-27)30-15-9-21-35(23-31(37)36(30)22-26-12-7-8-20-33-26)32(38)34-29-14-6-5-13-28(29)24-10-3-2-4-11-24/h2-20,30H,21-23H2,1H3,(H,34,38)/b15-9-. The van der Waals surface area contributed by atoms with E-state index in [2.05, 4.69) is 10.3 Å². The number of amides is 3. The average Bonchev–Trinajstić information content (AvgIpc) is 2.98. The first-order valence-electron chi connectivity index (χ1n) is 12.8. The molecule has 0 radical (unpaired) electrons. The number of benzene rings is 3. The molecular weight excluding hydrogens is 488 g/mol. The van der Waals surface area contributed by atoms with Crippen LogP contribution in [0.5, 0.6) is 5.75 Å². The summed E-state index contributed by atoms with van der Waals surface area (Å²) in [4.78, 5) is 34.9. The molecule has 0 fully saturated rings. The number of para-hydroxylation sites is 1. The van der Waals surface area contributed by atoms with Crippen molar-refractivity contribution >= 4 is 17.6 Å². The molecule has 1 atom stereocenters. The lowest BCUT2D eigenvalue weighted by molar-refractivity contribution is -0.134. The van der Waals surface area contributed by atoms with Gasteiger partial charge < -0.3 is 19.9 Å². The summed E-state index contributed by atoms with van der Waals surface area (Å²) in [5, 5.41) is 3.02. The van der Waals surface area contributed by atoms with Gasteiger partial charge in [-0.15, -0.1) is 0 Å². The summed E-state index contributed by atoms with van der Waals surface area (Å²) in [6.45, 7) is 0.547. The van der Waals surface area contributed by atoms with Crippen LogP contribution in [0.1, 0.15) is 17.3 Å². The van der Waals surface area contributed by atoms with E-state index in [0.29, 0.717) is 18.8 Å². The number of rotatable bonds is 6. The van der Waals surface area contributed by atoms with Gasteiger partial charge in [-0.2, -0.15) is 0 Å². The van der Waals surface area contributed by atoms with E-state index >= 15 is 0 Å². The van der Waals surface area contributed by atoms with Crippen molar-refractivity contribution in [2.24, 2.45) is 0 Å². The molecule has 1 unspecified atom stereocenters. The van der Waals surface area contributed by atoms with Gasteiger partial charge in [0, 0.05) is 18.3 Å². The molecule has 0 aliphatic carbocycles. The third-order valence-electron chi connectivity index (χ3n) is 6.68. The van der Waals surface area contributed by atoms with Gasteiger partial charge in [-0.05, 0) is 41.5 Å². The van der Waals surface area contributed by atoms with Crippen molar-refractivity contribution in [3.05, 3.63) is 127 Å². The summed E-state index contributed by atoms with van der Waals surface area (Å²) in [6.07, 6.45) is 5.63. The van der Waals surface area contributed by atoms with Crippen LogP contribution in [-0.2, 0) is 11.3 Å². The van der Waals surface area contributed by atoms with Crippen molar-refractivity contribution in [2.45, 2.75) is 12.6 Å². The zero-order valence-corrected chi connectivity index (χ0v) is 21.7. The van der Waals surface area contributed by atoms with Crippen LogP contribution in [0.15, 0.2) is 115 Å². The van der Waals surface area contributed by atoms with Crippen LogP contribution in [0.3, 0.4) is 0 Å². The van der Waals surface area contributed by atoms with Crippen LogP contribution in [0.2, 0.25) is 0 Å². The highest BCUT2D eigenvalue weighted by Gasteiger charge is 2.29. The number of urea groups is 1. The molecule has 3 amide bonds. The lowest BCUT2D eigenvalue weighted by Gasteiger charge is -2.34. The van der Waals surface area contributed by atoms with Gasteiger partial charge in [0.15, 0.2) is 0 Å². The zero-order chi connectivity index (χ0) is 27.0. The number of carbonyl (C=O) groups is 2. The fourth-order valence-electron chi connectivity index (χ4n) is 4.65. The van der Waals surface area contributed by atoms with Gasteiger partial charge in [0.2, 0.25) is 5.91 Å². The number of hydrogen-bond acceptors (Lipinski definition) is 4. The van der Waals surface area contributed by atoms with Crippen molar-refractivity contribution < 1.29 is 14.3 Å². The first kappa shape index (κ1) is 25.7. The Hall–Kier alpha value is -4.91. The molecule has 1 aliphatic rings. The molecular formula is C32H30N4O3. The van der Waals surface area contributed by atoms with Crippen molar-refractivity contribution in [3.63, 3.8) is 0 Å². The van der Waals surface area contributed by atoms with Crippen molar-refractivity contribution in [1.82, 2.24) is 14.8 Å². The Morgan fingerprint density at radius 2 is 1.69 bits per heavy atom. The predicted octanol–water partition coefficient (Wildman–Crippen LogP) is 5.93. The fraction of sp³-hybridized carbons (Fsp3) is 0.156. The Morgan fingerprint density at radius 1 is 0.949 bits per heavy atom. The molecule has 0 spiro atoms. The van der Waals surface area contributed by atoms with Crippen molar-refractivity contribution in [2.75, 3.05) is 25.5 Å². The Morgan fingerprint density at radius 3 is 2.44 bits per heavy atom. The second-order valence-corrected chi connectivity index (χ2v) is 9.21. The monoisotopic (exact) mass is 518 g/mol. The van der Waals surface area contributed by atoms with Gasteiger partial charge in [-0.3, -0.25) is 9.78 Å². The smallest absolute Gasteiger partial charge is 0.322 e. The Bertz CT molecular complexity index is 1440. The van der Waals surface area contributed by atoms with Gasteiger partial charge >= 0.3 is 6.03 Å². The molecule has 1 N–H and O–H groups in total. The van der Waals surface area contributed by atoms with E-state index in [-0.39, 0.29) is 24.5 Å². The minimum Gasteiger partial charge on any atom is -0.497 e. The van der Waals surface area contributed by atoms with Crippen molar-refractivity contribution in [1.29, 1.82) is 0 Å². The fourth-order valence-corrected chi connectivity index (χ4v) is 4.65. The highest BCUT2D eigenvalue weighted by molar-refractivity contribution is 5.96. The minimum absolute atomic E-state index is 0.0663. The third kappa shape index (κ3) is 6.15. The normalized spacial score (nSPS) is 16.2. The van der Waals surface area contributed by atoms with Crippen LogP contribution >= 0.6 is 0 Å². The highest BCUT2D eigenvalue weighted by Crippen LogP contribution is 2.29. The quantitative estimate of drug-likeness (QED) is 0.321. The maximum absolute atomic E-state index is 13.8. The first-order chi connectivity index (χ1) is 19.1. The van der Waals surface area contributed by atoms with E-state index in [4.69, 9.17) is 4.74 Å². The van der Waals surface area contributed by atoms with E-state index in [0.717, 1.165) is 28.1 Å². The molecule has 1 aromatic heterocycles. The van der Waals surface area contributed by atoms with Gasteiger partial charge in [0.25, 0.3) is 0 Å². The topological polar surface area (TPSA) is 74.8 Å². The molecule has 5 rings (SSSR count). The zero-order valence-electron chi connectivity index (χ0n) is 21.7. The molecule has 196 valence electrons. The van der Waals surface area contributed by atoms with E-state index in [9.17, 15) is 9.59 Å². The van der Waals surface area contributed by atoms with Crippen LogP contribution in [0.25, 0.3) is 11.1 Å². The number of methoxy groups -OCH3 is 1. The molecule has 0 saturated carbocycles. The summed E-state index contributed by atoms with van der Waals surface area (Å²) in [5.41, 5.74) is 4.32. The summed E-state index contributed by atoms with van der Waals surface area (Å²) >= 11 is 0. The largest absolute Gasteiger partial charge is 0.497 e. The molecule has 2 heterocycles. The Balaban J connectivity index is 1.41. The Labute approximate surface area is 228 Å². The van der Waals surface area contributed by atoms with E-state index < -0.39 is 0 Å². The number of nitrogens with one attached hydrogen (secondary N) is 1. The van der Waals surface area contributed by atoms with Crippen LogP contribution in [-0.4, -0.2) is 46.9 Å². The van der Waals surface area contributed by atoms with Crippen molar-refractivity contribution in [3.8, 4) is 16.9 Å². The summed E-state index contributed by atoms with van der Waals surface area (Å²) in [7, 11) is 1.62. The van der Waals surface area contributed by atoms with Gasteiger partial charge in [0.1, 0.15) is 12.3 Å². The first-order valence-corrected chi connectivity index (χ1v) is 12.8. The van der Waals surface area contributed by atoms with Gasteiger partial charge in [-0.25, -0.2) is 4.79 Å². The highest BCUT2D eigenvalue weighted by atomic mass is 16.5. The molecule has 0 saturated heterocycles. The number of hydrogen-bond donors (Lipinski definition) is 1. The molecule has 0 bridgehead atoms. The van der Waals surface area contributed by atoms with Crippen LogP contribution in [0, 0.1) is 0 Å². The lowest BCUT2D eigenvalue weighted by atomic mass is 10.0. The molecule has 7 nitrogen and oxygen atoms in total. The minimum atomic E-state index is -0.336. The van der Waals surface area contributed by atoms with Crippen LogP contribution < -0.4 is 10.1 Å². The second-order valence-electron chi connectivity index (χ2n) is 9.21. The Kier molecular flexibility index (Phi) is 7.98. The van der Waals surface area contributed by atoms with Gasteiger partial charge in [0.05, 0.1) is 31.1 Å². The number of ether oxygens (including phenoxy) is 1. The summed E-state index contributed by atoms with van der Waals surface area (Å²) in [6, 6.07) is 30.2. The second kappa shape index (κ2) is 12.1. The number of pyridine rings is 1. The van der Waals surface area contributed by atoms with E-state index in [1.165, 1.54) is 4.90 Å². The molecule has 7 heteroatoms. The number of aromatic nitrogens is 1. The lowest BCUT2D eigenvalue weighted by Crippen LogP contribution is -2.46. The van der Waals surface area contributed by atoms with E-state index in [1.54, 1.807) is 18.2 Å². The number of carbonyl (C=O) groups excluding carboxylic acids is 2. The molecule has 39 heavy (non-hydrogen) atoms. The van der Waals surface area contributed by atoms with Gasteiger partial charge in [-0.1, -0.05) is 78.9 Å². The molecule has 1 aliphatic heterocycles. The molecule has 4 aromatic rings.